The number of nitrogens with zero attached hydrogens (tertiary/aromatic N) is 3. The molecule has 0 aliphatic heterocycles. The van der Waals surface area contributed by atoms with E-state index in [2.05, 4.69) is 71.7 Å². The van der Waals surface area contributed by atoms with Crippen molar-refractivity contribution in [2.75, 3.05) is 66.4 Å². The molecule has 0 spiro atoms. The van der Waals surface area contributed by atoms with Crippen LogP contribution >= 0.6 is 0 Å². The molecule has 0 unspecified atom stereocenters. The van der Waals surface area contributed by atoms with Crippen LogP contribution in [-0.2, 0) is 11.3 Å². The predicted molar refractivity (Wildman–Crippen MR) is 108 cm³/mol. The third-order valence-corrected chi connectivity index (χ3v) is 4.19. The number of hydrogen-bond donors (Lipinski definition) is 2. The second-order valence-electron chi connectivity index (χ2n) is 6.51. The van der Waals surface area contributed by atoms with E-state index in [0.717, 1.165) is 45.2 Å². The minimum Gasteiger partial charge on any atom is -0.385 e. The summed E-state index contributed by atoms with van der Waals surface area (Å²) >= 11 is 0. The summed E-state index contributed by atoms with van der Waals surface area (Å²) in [7, 11) is 9.80. The lowest BCUT2D eigenvalue weighted by molar-refractivity contribution is 0.180. The topological polar surface area (TPSA) is 52.1 Å². The molecule has 0 saturated heterocycles. The number of nitrogens with one attached hydrogen (secondary N) is 2. The highest BCUT2D eigenvalue weighted by Gasteiger charge is 2.04. The van der Waals surface area contributed by atoms with Gasteiger partial charge in [-0.05, 0) is 43.7 Å². The Hall–Kier alpha value is -1.79. The normalized spacial score (nSPS) is 11.7. The third-order valence-electron chi connectivity index (χ3n) is 4.19. The molecule has 6 nitrogen and oxygen atoms in total. The van der Waals surface area contributed by atoms with Crippen LogP contribution in [0.3, 0.4) is 0 Å². The maximum Gasteiger partial charge on any atom is 0.191 e. The third kappa shape index (κ3) is 8.23. The summed E-state index contributed by atoms with van der Waals surface area (Å²) < 4.78 is 5.08. The van der Waals surface area contributed by atoms with Crippen LogP contribution in [0.2, 0.25) is 0 Å². The quantitative estimate of drug-likeness (QED) is 0.382. The van der Waals surface area contributed by atoms with Crippen molar-refractivity contribution in [2.24, 2.45) is 4.99 Å². The van der Waals surface area contributed by atoms with Crippen molar-refractivity contribution in [3.8, 4) is 0 Å². The van der Waals surface area contributed by atoms with Gasteiger partial charge in [-0.2, -0.15) is 0 Å². The van der Waals surface area contributed by atoms with Crippen molar-refractivity contribution in [1.29, 1.82) is 0 Å². The van der Waals surface area contributed by atoms with Crippen molar-refractivity contribution in [2.45, 2.75) is 19.9 Å². The maximum atomic E-state index is 5.08. The van der Waals surface area contributed by atoms with Crippen LogP contribution in [0.15, 0.2) is 23.2 Å². The number of aliphatic imine (C=N–C) groups is 1. The van der Waals surface area contributed by atoms with Crippen molar-refractivity contribution >= 4 is 11.6 Å². The molecule has 0 aromatic heterocycles. The molecular formula is C19H35N5O. The maximum absolute atomic E-state index is 5.08. The van der Waals surface area contributed by atoms with Crippen molar-refractivity contribution in [3.05, 3.63) is 29.3 Å². The molecular weight excluding hydrogens is 314 g/mol. The first-order valence-corrected chi connectivity index (χ1v) is 8.86. The molecule has 142 valence electrons. The molecule has 0 fully saturated rings. The molecule has 2 N–H and O–H groups in total. The molecule has 0 bridgehead atoms. The van der Waals surface area contributed by atoms with E-state index in [-0.39, 0.29) is 0 Å². The molecule has 1 rings (SSSR count). The highest BCUT2D eigenvalue weighted by molar-refractivity contribution is 5.79. The van der Waals surface area contributed by atoms with Crippen LogP contribution in [0.1, 0.15) is 17.5 Å². The summed E-state index contributed by atoms with van der Waals surface area (Å²) in [5.41, 5.74) is 3.79. The van der Waals surface area contributed by atoms with Crippen LogP contribution < -0.4 is 15.5 Å². The van der Waals surface area contributed by atoms with E-state index in [4.69, 9.17) is 4.74 Å². The highest BCUT2D eigenvalue weighted by Crippen LogP contribution is 2.17. The zero-order chi connectivity index (χ0) is 18.7. The molecule has 0 heterocycles. The van der Waals surface area contributed by atoms with Gasteiger partial charge in [0.25, 0.3) is 0 Å². The molecule has 0 saturated carbocycles. The Morgan fingerprint density at radius 2 is 1.92 bits per heavy atom. The number of aryl methyl sites for hydroxylation is 1. The van der Waals surface area contributed by atoms with Crippen LogP contribution in [0.5, 0.6) is 0 Å². The number of anilines is 1. The molecule has 1 aromatic rings. The number of benzene rings is 1. The standard InChI is InChI=1S/C19H35N5O/c1-16-14-18(23(3)4)9-8-17(16)15-22-19(20-2)21-10-12-24(5)11-7-13-25-6/h8-9,14H,7,10-13,15H2,1-6H3,(H2,20,21,22). The van der Waals surface area contributed by atoms with Gasteiger partial charge in [0.1, 0.15) is 0 Å². The summed E-state index contributed by atoms with van der Waals surface area (Å²) in [4.78, 5) is 8.71. The van der Waals surface area contributed by atoms with Crippen LogP contribution in [0.4, 0.5) is 5.69 Å². The number of guanidine groups is 1. The average molecular weight is 350 g/mol. The predicted octanol–water partition coefficient (Wildman–Crippen LogP) is 1.69. The van der Waals surface area contributed by atoms with Crippen molar-refractivity contribution in [1.82, 2.24) is 15.5 Å². The van der Waals surface area contributed by atoms with Gasteiger partial charge in [0.2, 0.25) is 0 Å². The van der Waals surface area contributed by atoms with E-state index >= 15 is 0 Å². The SMILES string of the molecule is CN=C(NCCN(C)CCCOC)NCc1ccc(N(C)C)cc1C. The summed E-state index contributed by atoms with van der Waals surface area (Å²) in [6.07, 6.45) is 1.06. The lowest BCUT2D eigenvalue weighted by Gasteiger charge is -2.19. The molecule has 25 heavy (non-hydrogen) atoms. The smallest absolute Gasteiger partial charge is 0.191 e. The largest absolute Gasteiger partial charge is 0.385 e. The van der Waals surface area contributed by atoms with Gasteiger partial charge in [-0.1, -0.05) is 6.07 Å². The fourth-order valence-electron chi connectivity index (χ4n) is 2.51. The second-order valence-corrected chi connectivity index (χ2v) is 6.51. The first-order chi connectivity index (χ1) is 12.0. The van der Waals surface area contributed by atoms with Gasteiger partial charge in [-0.15, -0.1) is 0 Å². The van der Waals surface area contributed by atoms with Crippen LogP contribution in [-0.4, -0.2) is 72.4 Å². The van der Waals surface area contributed by atoms with Gasteiger partial charge in [-0.25, -0.2) is 0 Å². The van der Waals surface area contributed by atoms with E-state index in [1.165, 1.54) is 16.8 Å². The summed E-state index contributed by atoms with van der Waals surface area (Å²) in [6.45, 7) is 6.60. The first-order valence-electron chi connectivity index (χ1n) is 8.86. The van der Waals surface area contributed by atoms with E-state index in [9.17, 15) is 0 Å². The molecule has 0 aliphatic rings. The molecule has 0 atom stereocenters. The van der Waals surface area contributed by atoms with Gasteiger partial charge in [0.15, 0.2) is 5.96 Å². The summed E-state index contributed by atoms with van der Waals surface area (Å²) in [6, 6.07) is 6.53. The monoisotopic (exact) mass is 349 g/mol. The van der Waals surface area contributed by atoms with Gasteiger partial charge in [-0.3, -0.25) is 4.99 Å². The first kappa shape index (κ1) is 21.3. The Bertz CT molecular complexity index is 531. The lowest BCUT2D eigenvalue weighted by atomic mass is 10.1. The Kier molecular flexibility index (Phi) is 9.96. The number of likely N-dealkylation sites (N-methyl/N-ethyl adjacent to an activating group) is 1. The van der Waals surface area contributed by atoms with Crippen molar-refractivity contribution < 1.29 is 4.74 Å². The lowest BCUT2D eigenvalue weighted by Crippen LogP contribution is -2.40. The molecule has 0 amide bonds. The fraction of sp³-hybridized carbons (Fsp3) is 0.632. The van der Waals surface area contributed by atoms with Crippen LogP contribution in [0.25, 0.3) is 0 Å². The molecule has 0 radical (unpaired) electrons. The minimum absolute atomic E-state index is 0.767. The Balaban J connectivity index is 2.37. The molecule has 1 aromatic carbocycles. The number of ether oxygens (including phenoxy) is 1. The van der Waals surface area contributed by atoms with Gasteiger partial charge in [0, 0.05) is 66.7 Å². The number of methoxy groups -OCH3 is 1. The average Bonchev–Trinajstić information content (AvgIpc) is 2.58. The minimum atomic E-state index is 0.767. The number of rotatable bonds is 10. The summed E-state index contributed by atoms with van der Waals surface area (Å²) in [5.74, 6) is 0.835. The van der Waals surface area contributed by atoms with E-state index in [1.54, 1.807) is 14.2 Å². The molecule has 6 heteroatoms. The fourth-order valence-corrected chi connectivity index (χ4v) is 2.51. The second kappa shape index (κ2) is 11.7. The van der Waals surface area contributed by atoms with E-state index in [0.29, 0.717) is 0 Å². The zero-order valence-corrected chi connectivity index (χ0v) is 16.7. The van der Waals surface area contributed by atoms with E-state index in [1.807, 2.05) is 0 Å². The van der Waals surface area contributed by atoms with Gasteiger partial charge >= 0.3 is 0 Å². The molecule has 0 aliphatic carbocycles. The Morgan fingerprint density at radius 3 is 2.52 bits per heavy atom. The van der Waals surface area contributed by atoms with Gasteiger partial charge in [0.05, 0.1) is 0 Å². The summed E-state index contributed by atoms with van der Waals surface area (Å²) in [5, 5.41) is 6.76. The van der Waals surface area contributed by atoms with Gasteiger partial charge < -0.3 is 25.2 Å². The zero-order valence-electron chi connectivity index (χ0n) is 16.7. The van der Waals surface area contributed by atoms with Crippen molar-refractivity contribution in [3.63, 3.8) is 0 Å². The number of hydrogen-bond acceptors (Lipinski definition) is 4. The Morgan fingerprint density at radius 1 is 1.16 bits per heavy atom. The van der Waals surface area contributed by atoms with E-state index < -0.39 is 0 Å². The highest BCUT2D eigenvalue weighted by atomic mass is 16.5. The Labute approximate surface area is 153 Å². The van der Waals surface area contributed by atoms with Crippen LogP contribution in [0, 0.1) is 6.92 Å².